The Morgan fingerprint density at radius 3 is 2.53 bits per heavy atom. The first kappa shape index (κ1) is 12.3. The van der Waals surface area contributed by atoms with Crippen LogP contribution in [0, 0.1) is 14.9 Å². The number of unbranched alkanes of at least 4 members (excludes halogenated alkanes) is 3. The average Bonchev–Trinajstić information content (AvgIpc) is 2.26. The molecule has 0 amide bonds. The Bertz CT molecular complexity index is 315. The number of ether oxygens (including phenoxy) is 1. The molecule has 0 aliphatic carbocycles. The third-order valence-electron chi connectivity index (χ3n) is 2.02. The third-order valence-corrected chi connectivity index (χ3v) is 2.73. The van der Waals surface area contributed by atoms with E-state index in [1.165, 1.54) is 3.57 Å². The zero-order valence-corrected chi connectivity index (χ0v) is 10.7. The molecule has 1 rings (SSSR count). The van der Waals surface area contributed by atoms with Crippen LogP contribution in [0.25, 0.3) is 0 Å². The van der Waals surface area contributed by atoms with Gasteiger partial charge in [0, 0.05) is 9.99 Å². The van der Waals surface area contributed by atoms with Crippen LogP contribution in [0.5, 0.6) is 5.75 Å². The highest BCUT2D eigenvalue weighted by Gasteiger charge is 1.93. The van der Waals surface area contributed by atoms with Crippen molar-refractivity contribution >= 4 is 22.6 Å². The Kier molecular flexibility index (Phi) is 6.17. The summed E-state index contributed by atoms with van der Waals surface area (Å²) in [6, 6.07) is 10.2. The van der Waals surface area contributed by atoms with Crippen LogP contribution in [-0.4, -0.2) is 6.61 Å². The van der Waals surface area contributed by atoms with Crippen molar-refractivity contribution < 1.29 is 4.74 Å². The molecule has 0 bridgehead atoms. The quantitative estimate of drug-likeness (QED) is 0.591. The zero-order chi connectivity index (χ0) is 10.9. The summed E-state index contributed by atoms with van der Waals surface area (Å²) in [6.07, 6.45) is 3.72. The molecule has 0 heterocycles. The highest BCUT2D eigenvalue weighted by Crippen LogP contribution is 2.13. The van der Waals surface area contributed by atoms with Gasteiger partial charge in [0.05, 0.1) is 12.7 Å². The molecule has 0 unspecified atom stereocenters. The van der Waals surface area contributed by atoms with Crippen molar-refractivity contribution in [1.82, 2.24) is 0 Å². The summed E-state index contributed by atoms with van der Waals surface area (Å²) in [4.78, 5) is 0. The number of hydrogen-bond acceptors (Lipinski definition) is 2. The fraction of sp³-hybridized carbons (Fsp3) is 0.417. The highest BCUT2D eigenvalue weighted by molar-refractivity contribution is 14.1. The van der Waals surface area contributed by atoms with Crippen molar-refractivity contribution in [1.29, 1.82) is 5.26 Å². The summed E-state index contributed by atoms with van der Waals surface area (Å²) in [6.45, 7) is 0.742. The SMILES string of the molecule is N#CCCCCCOc1ccc(I)cc1. The van der Waals surface area contributed by atoms with Gasteiger partial charge in [-0.05, 0) is 66.1 Å². The Morgan fingerprint density at radius 2 is 1.87 bits per heavy atom. The lowest BCUT2D eigenvalue weighted by Crippen LogP contribution is -1.96. The van der Waals surface area contributed by atoms with E-state index >= 15 is 0 Å². The van der Waals surface area contributed by atoms with Gasteiger partial charge in [-0.15, -0.1) is 0 Å². The van der Waals surface area contributed by atoms with Gasteiger partial charge in [0.15, 0.2) is 0 Å². The summed E-state index contributed by atoms with van der Waals surface area (Å²) in [5.74, 6) is 0.927. The van der Waals surface area contributed by atoms with Crippen LogP contribution in [0.15, 0.2) is 24.3 Å². The van der Waals surface area contributed by atoms with Gasteiger partial charge >= 0.3 is 0 Å². The number of nitriles is 1. The van der Waals surface area contributed by atoms with Crippen LogP contribution in [0.2, 0.25) is 0 Å². The maximum absolute atomic E-state index is 8.34. The summed E-state index contributed by atoms with van der Waals surface area (Å²) in [7, 11) is 0. The first-order chi connectivity index (χ1) is 7.33. The van der Waals surface area contributed by atoms with E-state index in [0.29, 0.717) is 6.42 Å². The minimum absolute atomic E-state index is 0.656. The van der Waals surface area contributed by atoms with Gasteiger partial charge in [0.1, 0.15) is 5.75 Å². The van der Waals surface area contributed by atoms with Gasteiger partial charge in [0.25, 0.3) is 0 Å². The molecule has 0 N–H and O–H groups in total. The van der Waals surface area contributed by atoms with Crippen molar-refractivity contribution in [2.24, 2.45) is 0 Å². The summed E-state index contributed by atoms with van der Waals surface area (Å²) in [5.41, 5.74) is 0. The Balaban J connectivity index is 2.10. The molecule has 0 radical (unpaired) electrons. The predicted octanol–water partition coefficient (Wildman–Crippen LogP) is 3.75. The number of rotatable bonds is 6. The predicted molar refractivity (Wildman–Crippen MR) is 68.7 cm³/mol. The Hall–Kier alpha value is -0.760. The van der Waals surface area contributed by atoms with E-state index in [1.54, 1.807) is 0 Å². The number of benzene rings is 1. The third kappa shape index (κ3) is 5.63. The van der Waals surface area contributed by atoms with Gasteiger partial charge in [0.2, 0.25) is 0 Å². The van der Waals surface area contributed by atoms with E-state index < -0.39 is 0 Å². The summed E-state index contributed by atoms with van der Waals surface area (Å²) >= 11 is 2.27. The molecule has 80 valence electrons. The molecule has 0 aliphatic rings. The lowest BCUT2D eigenvalue weighted by molar-refractivity contribution is 0.305. The second-order valence-electron chi connectivity index (χ2n) is 3.27. The van der Waals surface area contributed by atoms with Crippen LogP contribution >= 0.6 is 22.6 Å². The summed E-state index contributed by atoms with van der Waals surface area (Å²) < 4.78 is 6.77. The van der Waals surface area contributed by atoms with E-state index in [0.717, 1.165) is 31.6 Å². The largest absolute Gasteiger partial charge is 0.494 e. The van der Waals surface area contributed by atoms with Gasteiger partial charge in [-0.25, -0.2) is 0 Å². The zero-order valence-electron chi connectivity index (χ0n) is 8.58. The van der Waals surface area contributed by atoms with Gasteiger partial charge in [-0.1, -0.05) is 0 Å². The number of halogens is 1. The van der Waals surface area contributed by atoms with Crippen LogP contribution in [0.1, 0.15) is 25.7 Å². The molecule has 0 atom stereocenters. The molecular formula is C12H14INO. The molecule has 0 fully saturated rings. The van der Waals surface area contributed by atoms with Crippen molar-refractivity contribution in [2.45, 2.75) is 25.7 Å². The van der Waals surface area contributed by atoms with Crippen LogP contribution in [0.4, 0.5) is 0 Å². The molecule has 2 nitrogen and oxygen atoms in total. The minimum atomic E-state index is 0.656. The fourth-order valence-electron chi connectivity index (χ4n) is 1.20. The number of hydrogen-bond donors (Lipinski definition) is 0. The molecule has 0 saturated heterocycles. The lowest BCUT2D eigenvalue weighted by Gasteiger charge is -2.05. The summed E-state index contributed by atoms with van der Waals surface area (Å²) in [5, 5.41) is 8.34. The van der Waals surface area contributed by atoms with Crippen LogP contribution in [-0.2, 0) is 0 Å². The molecular weight excluding hydrogens is 301 g/mol. The van der Waals surface area contributed by atoms with Crippen molar-refractivity contribution in [2.75, 3.05) is 6.61 Å². The topological polar surface area (TPSA) is 33.0 Å². The van der Waals surface area contributed by atoms with Gasteiger partial charge in [-0.2, -0.15) is 5.26 Å². The van der Waals surface area contributed by atoms with Crippen molar-refractivity contribution in [3.8, 4) is 11.8 Å². The normalized spacial score (nSPS) is 9.60. The van der Waals surface area contributed by atoms with E-state index in [-0.39, 0.29) is 0 Å². The first-order valence-corrected chi connectivity index (χ1v) is 6.16. The van der Waals surface area contributed by atoms with E-state index in [2.05, 4.69) is 28.7 Å². The Morgan fingerprint density at radius 1 is 1.13 bits per heavy atom. The maximum atomic E-state index is 8.34. The second-order valence-corrected chi connectivity index (χ2v) is 4.52. The molecule has 0 spiro atoms. The second kappa shape index (κ2) is 7.52. The van der Waals surface area contributed by atoms with E-state index in [4.69, 9.17) is 10.00 Å². The molecule has 1 aromatic carbocycles. The molecule has 1 aromatic rings. The molecule has 0 aliphatic heterocycles. The van der Waals surface area contributed by atoms with Crippen LogP contribution in [0.3, 0.4) is 0 Å². The molecule has 0 aromatic heterocycles. The molecule has 3 heteroatoms. The monoisotopic (exact) mass is 315 g/mol. The Labute approximate surface area is 104 Å². The van der Waals surface area contributed by atoms with Crippen LogP contribution < -0.4 is 4.74 Å². The van der Waals surface area contributed by atoms with E-state index in [1.807, 2.05) is 24.3 Å². The fourth-order valence-corrected chi connectivity index (χ4v) is 1.56. The average molecular weight is 315 g/mol. The number of nitrogens with zero attached hydrogens (tertiary/aromatic N) is 1. The van der Waals surface area contributed by atoms with Gasteiger partial charge < -0.3 is 4.74 Å². The minimum Gasteiger partial charge on any atom is -0.494 e. The smallest absolute Gasteiger partial charge is 0.119 e. The standard InChI is InChI=1S/C12H14INO/c13-11-5-7-12(8-6-11)15-10-4-2-1-3-9-14/h5-8H,1-4,10H2. The lowest BCUT2D eigenvalue weighted by atomic mass is 10.2. The first-order valence-electron chi connectivity index (χ1n) is 5.08. The van der Waals surface area contributed by atoms with E-state index in [9.17, 15) is 0 Å². The van der Waals surface area contributed by atoms with Crippen molar-refractivity contribution in [3.63, 3.8) is 0 Å². The maximum Gasteiger partial charge on any atom is 0.119 e. The highest BCUT2D eigenvalue weighted by atomic mass is 127. The molecule has 0 saturated carbocycles. The molecule has 15 heavy (non-hydrogen) atoms. The van der Waals surface area contributed by atoms with Gasteiger partial charge in [-0.3, -0.25) is 0 Å². The van der Waals surface area contributed by atoms with Crippen molar-refractivity contribution in [3.05, 3.63) is 27.8 Å².